The zero-order valence-corrected chi connectivity index (χ0v) is 15.9. The Morgan fingerprint density at radius 3 is 2.37 bits per heavy atom. The van der Waals surface area contributed by atoms with Crippen molar-refractivity contribution in [3.05, 3.63) is 89.7 Å². The largest absolute Gasteiger partial charge is 0.334 e. The molecule has 0 bridgehead atoms. The van der Waals surface area contributed by atoms with Gasteiger partial charge in [0.15, 0.2) is 5.78 Å². The highest BCUT2D eigenvalue weighted by molar-refractivity contribution is 6.05. The van der Waals surface area contributed by atoms with E-state index in [1.165, 1.54) is 19.1 Å². The first-order valence-corrected chi connectivity index (χ1v) is 9.12. The molecule has 4 rings (SSSR count). The number of halogens is 1. The molecule has 1 amide bonds. The molecule has 6 nitrogen and oxygen atoms in total. The fraction of sp³-hybridized carbons (Fsp3) is 0.0435. The maximum atomic E-state index is 13.4. The van der Waals surface area contributed by atoms with Crippen LogP contribution in [0.4, 0.5) is 10.1 Å². The Morgan fingerprint density at radius 2 is 1.63 bits per heavy atom. The van der Waals surface area contributed by atoms with Crippen molar-refractivity contribution in [2.45, 2.75) is 6.92 Å². The molecular weight excluding hydrogens is 385 g/mol. The Kier molecular flexibility index (Phi) is 5.17. The molecule has 3 aromatic carbocycles. The first-order valence-electron chi connectivity index (χ1n) is 9.12. The van der Waals surface area contributed by atoms with Crippen molar-refractivity contribution in [2.75, 3.05) is 5.32 Å². The van der Waals surface area contributed by atoms with Crippen LogP contribution in [-0.2, 0) is 0 Å². The third-order valence-corrected chi connectivity index (χ3v) is 4.43. The molecular formula is C23H16FN3O3. The molecule has 148 valence electrons. The summed E-state index contributed by atoms with van der Waals surface area (Å²) in [6.07, 6.45) is 0. The minimum atomic E-state index is -0.395. The fourth-order valence-electron chi connectivity index (χ4n) is 2.87. The standard InChI is InChI=1S/C23H16FN3O3/c1-14(28)15-8-10-20(11-9-15)25-22(29)17-5-2-6-18(12-17)23-26-21(27-30-23)16-4-3-7-19(24)13-16/h2-13H,1H3,(H,25,29). The number of amides is 1. The van der Waals surface area contributed by atoms with Crippen molar-refractivity contribution >= 4 is 17.4 Å². The number of aromatic nitrogens is 2. The second kappa shape index (κ2) is 8.08. The molecule has 0 atom stereocenters. The van der Waals surface area contributed by atoms with Crippen molar-refractivity contribution in [2.24, 2.45) is 0 Å². The second-order valence-corrected chi connectivity index (χ2v) is 6.60. The highest BCUT2D eigenvalue weighted by Gasteiger charge is 2.14. The van der Waals surface area contributed by atoms with Gasteiger partial charge in [-0.15, -0.1) is 0 Å². The van der Waals surface area contributed by atoms with Crippen molar-refractivity contribution in [3.8, 4) is 22.8 Å². The number of carbonyl (C=O) groups is 2. The van der Waals surface area contributed by atoms with E-state index in [0.29, 0.717) is 27.9 Å². The first kappa shape index (κ1) is 19.2. The van der Waals surface area contributed by atoms with Crippen LogP contribution in [0.25, 0.3) is 22.8 Å². The van der Waals surface area contributed by atoms with Crippen LogP contribution in [0, 0.1) is 5.82 Å². The normalized spacial score (nSPS) is 10.6. The molecule has 0 radical (unpaired) electrons. The molecule has 1 aromatic heterocycles. The van der Waals surface area contributed by atoms with Crippen molar-refractivity contribution < 1.29 is 18.5 Å². The van der Waals surface area contributed by atoms with Crippen LogP contribution in [0.3, 0.4) is 0 Å². The minimum absolute atomic E-state index is 0.0438. The van der Waals surface area contributed by atoms with Crippen LogP contribution in [0.2, 0.25) is 0 Å². The van der Waals surface area contributed by atoms with E-state index < -0.39 is 5.82 Å². The lowest BCUT2D eigenvalue weighted by molar-refractivity contribution is 0.101. The lowest BCUT2D eigenvalue weighted by atomic mass is 10.1. The van der Waals surface area contributed by atoms with Crippen molar-refractivity contribution in [3.63, 3.8) is 0 Å². The first-order chi connectivity index (χ1) is 14.5. The van der Waals surface area contributed by atoms with E-state index in [2.05, 4.69) is 15.5 Å². The van der Waals surface area contributed by atoms with E-state index in [1.54, 1.807) is 60.7 Å². The van der Waals surface area contributed by atoms with Gasteiger partial charge in [-0.2, -0.15) is 4.98 Å². The van der Waals surface area contributed by atoms with Gasteiger partial charge < -0.3 is 9.84 Å². The topological polar surface area (TPSA) is 85.1 Å². The molecule has 0 aliphatic carbocycles. The van der Waals surface area contributed by atoms with Gasteiger partial charge in [-0.1, -0.05) is 23.4 Å². The van der Waals surface area contributed by atoms with Crippen LogP contribution in [-0.4, -0.2) is 21.8 Å². The summed E-state index contributed by atoms with van der Waals surface area (Å²) in [5, 5.41) is 6.67. The van der Waals surface area contributed by atoms with E-state index in [9.17, 15) is 14.0 Å². The van der Waals surface area contributed by atoms with E-state index in [1.807, 2.05) is 0 Å². The number of rotatable bonds is 5. The van der Waals surface area contributed by atoms with Crippen molar-refractivity contribution in [1.29, 1.82) is 0 Å². The Balaban J connectivity index is 1.54. The Bertz CT molecular complexity index is 1230. The fourth-order valence-corrected chi connectivity index (χ4v) is 2.87. The van der Waals surface area contributed by atoms with Crippen LogP contribution >= 0.6 is 0 Å². The lowest BCUT2D eigenvalue weighted by Crippen LogP contribution is -2.12. The zero-order chi connectivity index (χ0) is 21.1. The summed E-state index contributed by atoms with van der Waals surface area (Å²) in [4.78, 5) is 28.2. The Labute approximate surface area is 171 Å². The molecule has 0 saturated heterocycles. The van der Waals surface area contributed by atoms with Crippen molar-refractivity contribution in [1.82, 2.24) is 10.1 Å². The maximum absolute atomic E-state index is 13.4. The van der Waals surface area contributed by atoms with E-state index in [0.717, 1.165) is 0 Å². The minimum Gasteiger partial charge on any atom is -0.334 e. The maximum Gasteiger partial charge on any atom is 0.258 e. The van der Waals surface area contributed by atoms with Gasteiger partial charge in [-0.3, -0.25) is 9.59 Å². The van der Waals surface area contributed by atoms with E-state index in [-0.39, 0.29) is 23.4 Å². The van der Waals surface area contributed by atoms with E-state index >= 15 is 0 Å². The van der Waals surface area contributed by atoms with Gasteiger partial charge in [-0.25, -0.2) is 4.39 Å². The van der Waals surface area contributed by atoms with Gasteiger partial charge in [0.05, 0.1) is 0 Å². The van der Waals surface area contributed by atoms with Crippen LogP contribution in [0.1, 0.15) is 27.6 Å². The number of Topliss-reactive ketones (excluding diaryl/α,β-unsaturated/α-hetero) is 1. The second-order valence-electron chi connectivity index (χ2n) is 6.60. The number of hydrogen-bond donors (Lipinski definition) is 1. The lowest BCUT2D eigenvalue weighted by Gasteiger charge is -2.06. The molecule has 1 heterocycles. The predicted molar refractivity (Wildman–Crippen MR) is 110 cm³/mol. The van der Waals surface area contributed by atoms with Gasteiger partial charge >= 0.3 is 0 Å². The summed E-state index contributed by atoms with van der Waals surface area (Å²) in [7, 11) is 0. The molecule has 4 aromatic rings. The molecule has 0 aliphatic rings. The third-order valence-electron chi connectivity index (χ3n) is 4.43. The molecule has 0 aliphatic heterocycles. The monoisotopic (exact) mass is 401 g/mol. The van der Waals surface area contributed by atoms with Gasteiger partial charge in [0.1, 0.15) is 5.82 Å². The number of nitrogens with one attached hydrogen (secondary N) is 1. The highest BCUT2D eigenvalue weighted by atomic mass is 19.1. The molecule has 7 heteroatoms. The van der Waals surface area contributed by atoms with Crippen LogP contribution in [0.5, 0.6) is 0 Å². The molecule has 0 spiro atoms. The molecule has 0 saturated carbocycles. The van der Waals surface area contributed by atoms with Gasteiger partial charge in [0, 0.05) is 27.9 Å². The summed E-state index contributed by atoms with van der Waals surface area (Å²) < 4.78 is 18.7. The van der Waals surface area contributed by atoms with Gasteiger partial charge in [0.25, 0.3) is 11.8 Å². The summed E-state index contributed by atoms with van der Waals surface area (Å²) in [5.74, 6) is -0.288. The van der Waals surface area contributed by atoms with Gasteiger partial charge in [-0.05, 0) is 61.5 Å². The molecule has 1 N–H and O–H groups in total. The molecule has 0 fully saturated rings. The summed E-state index contributed by atoms with van der Waals surface area (Å²) in [6, 6.07) is 19.3. The number of nitrogens with zero attached hydrogens (tertiary/aromatic N) is 2. The average Bonchev–Trinajstić information content (AvgIpc) is 3.25. The van der Waals surface area contributed by atoms with Crippen LogP contribution < -0.4 is 5.32 Å². The number of anilines is 1. The van der Waals surface area contributed by atoms with Crippen LogP contribution in [0.15, 0.2) is 77.3 Å². The number of carbonyl (C=O) groups excluding carboxylic acids is 2. The summed E-state index contributed by atoms with van der Waals surface area (Å²) in [5.41, 5.74) is 2.59. The summed E-state index contributed by atoms with van der Waals surface area (Å²) >= 11 is 0. The quantitative estimate of drug-likeness (QED) is 0.476. The smallest absolute Gasteiger partial charge is 0.258 e. The molecule has 0 unspecified atom stereocenters. The Morgan fingerprint density at radius 1 is 0.900 bits per heavy atom. The highest BCUT2D eigenvalue weighted by Crippen LogP contribution is 2.24. The van der Waals surface area contributed by atoms with Gasteiger partial charge in [0.2, 0.25) is 5.82 Å². The summed E-state index contributed by atoms with van der Waals surface area (Å²) in [6.45, 7) is 1.48. The average molecular weight is 401 g/mol. The SMILES string of the molecule is CC(=O)c1ccc(NC(=O)c2cccc(-c3nc(-c4cccc(F)c4)no3)c2)cc1. The zero-order valence-electron chi connectivity index (χ0n) is 15.9. The predicted octanol–water partition coefficient (Wildman–Crippen LogP) is 5.00. The Hall–Kier alpha value is -4.13. The number of hydrogen-bond acceptors (Lipinski definition) is 5. The number of benzene rings is 3. The third kappa shape index (κ3) is 4.15. The molecule has 30 heavy (non-hydrogen) atoms. The number of ketones is 1. The van der Waals surface area contributed by atoms with E-state index in [4.69, 9.17) is 4.52 Å².